The van der Waals surface area contributed by atoms with Crippen molar-refractivity contribution in [2.75, 3.05) is 26.2 Å². The molecule has 160 valence electrons. The van der Waals surface area contributed by atoms with Crippen molar-refractivity contribution in [3.8, 4) is 0 Å². The van der Waals surface area contributed by atoms with Crippen LogP contribution in [-0.2, 0) is 18.4 Å². The van der Waals surface area contributed by atoms with Crippen molar-refractivity contribution in [2.45, 2.75) is 62.6 Å². The molecule has 2 fully saturated rings. The van der Waals surface area contributed by atoms with E-state index < -0.39 is 0 Å². The maximum absolute atomic E-state index is 10.8. The molecule has 30 heavy (non-hydrogen) atoms. The third kappa shape index (κ3) is 4.21. The van der Waals surface area contributed by atoms with E-state index in [4.69, 9.17) is 0 Å². The highest BCUT2D eigenvalue weighted by Gasteiger charge is 2.42. The van der Waals surface area contributed by atoms with Crippen LogP contribution in [0.15, 0.2) is 48.5 Å². The van der Waals surface area contributed by atoms with Gasteiger partial charge in [-0.25, -0.2) is 0 Å². The number of fused-ring (bicyclic) bond motifs is 2. The van der Waals surface area contributed by atoms with Gasteiger partial charge in [-0.1, -0.05) is 36.4 Å². The van der Waals surface area contributed by atoms with Gasteiger partial charge in [0.1, 0.15) is 0 Å². The first-order chi connectivity index (χ1) is 14.6. The highest BCUT2D eigenvalue weighted by Crippen LogP contribution is 2.45. The van der Waals surface area contributed by atoms with Crippen molar-refractivity contribution < 1.29 is 5.11 Å². The average Bonchev–Trinajstić information content (AvgIpc) is 2.76. The van der Waals surface area contributed by atoms with Crippen molar-refractivity contribution in [1.29, 1.82) is 0 Å². The number of likely N-dealkylation sites (tertiary alicyclic amines) is 2. The number of nitrogens with zero attached hydrogens (tertiary/aromatic N) is 2. The molecule has 5 rings (SSSR count). The Morgan fingerprint density at radius 3 is 2.67 bits per heavy atom. The molecule has 4 heteroatoms. The van der Waals surface area contributed by atoms with Gasteiger partial charge in [-0.05, 0) is 108 Å². The van der Waals surface area contributed by atoms with Crippen LogP contribution in [0.5, 0.6) is 0 Å². The van der Waals surface area contributed by atoms with Gasteiger partial charge in [0, 0.05) is 29.2 Å². The first-order valence-electron chi connectivity index (χ1n) is 11.6. The molecule has 2 saturated heterocycles. The largest absolute Gasteiger partial charge is 0.391 e. The fourth-order valence-electron chi connectivity index (χ4n) is 6.19. The van der Waals surface area contributed by atoms with Crippen molar-refractivity contribution in [3.63, 3.8) is 0 Å². The van der Waals surface area contributed by atoms with Gasteiger partial charge in [-0.3, -0.25) is 9.80 Å². The Morgan fingerprint density at radius 1 is 1.00 bits per heavy atom. The lowest BCUT2D eigenvalue weighted by Crippen LogP contribution is -2.58. The molecule has 0 unspecified atom stereocenters. The van der Waals surface area contributed by atoms with Crippen LogP contribution in [-0.4, -0.2) is 53.2 Å². The van der Waals surface area contributed by atoms with E-state index in [0.29, 0.717) is 5.41 Å². The summed E-state index contributed by atoms with van der Waals surface area (Å²) in [5.41, 5.74) is 4.97. The lowest BCUT2D eigenvalue weighted by atomic mass is 9.64. The molecule has 0 bridgehead atoms. The molecule has 0 aromatic heterocycles. The third-order valence-corrected chi connectivity index (χ3v) is 8.51. The molecular weight excluding hydrogens is 483 g/mol. The third-order valence-electron chi connectivity index (χ3n) is 7.84. The van der Waals surface area contributed by atoms with E-state index in [0.717, 1.165) is 39.1 Å². The Balaban J connectivity index is 1.25. The molecule has 3 nitrogen and oxygen atoms in total. The Labute approximate surface area is 194 Å². The number of halogens is 1. The molecule has 2 aliphatic heterocycles. The van der Waals surface area contributed by atoms with Gasteiger partial charge in [-0.15, -0.1) is 0 Å². The number of aliphatic hydroxyl groups is 1. The van der Waals surface area contributed by atoms with Crippen molar-refractivity contribution in [2.24, 2.45) is 0 Å². The summed E-state index contributed by atoms with van der Waals surface area (Å²) in [6.07, 6.45) is 7.09. The van der Waals surface area contributed by atoms with E-state index >= 15 is 0 Å². The Kier molecular flexibility index (Phi) is 6.20. The standard InChI is InChI=1S/C26H33IN2O/c27-22-8-3-5-20(17-22)18-28-14-10-25(30)24(19-28)29-15-12-26(13-16-29)11-4-7-21-6-1-2-9-23(21)26/h1-3,5-6,8-9,17,24-25,30H,4,7,10-16,18-19H2/t24-,25-/m1/s1. The van der Waals surface area contributed by atoms with Crippen LogP contribution >= 0.6 is 22.6 Å². The summed E-state index contributed by atoms with van der Waals surface area (Å²) in [4.78, 5) is 5.15. The van der Waals surface area contributed by atoms with Gasteiger partial charge in [-0.2, -0.15) is 0 Å². The number of hydrogen-bond donors (Lipinski definition) is 1. The number of aryl methyl sites for hydroxylation is 1. The molecule has 1 N–H and O–H groups in total. The van der Waals surface area contributed by atoms with Crippen LogP contribution in [0.4, 0.5) is 0 Å². The predicted molar refractivity (Wildman–Crippen MR) is 131 cm³/mol. The fourth-order valence-corrected chi connectivity index (χ4v) is 6.80. The second-order valence-corrected chi connectivity index (χ2v) is 10.9. The summed E-state index contributed by atoms with van der Waals surface area (Å²) in [6, 6.07) is 18.3. The van der Waals surface area contributed by atoms with Crippen LogP contribution in [0, 0.1) is 3.57 Å². The van der Waals surface area contributed by atoms with Crippen LogP contribution in [0.2, 0.25) is 0 Å². The molecule has 1 aliphatic carbocycles. The van der Waals surface area contributed by atoms with Crippen molar-refractivity contribution >= 4 is 22.6 Å². The second-order valence-electron chi connectivity index (χ2n) is 9.62. The number of benzene rings is 2. The summed E-state index contributed by atoms with van der Waals surface area (Å²) in [5.74, 6) is 0. The molecular formula is C26H33IN2O. The molecule has 2 aromatic carbocycles. The number of aliphatic hydroxyl groups excluding tert-OH is 1. The first kappa shape index (κ1) is 20.9. The number of piperidine rings is 2. The van der Waals surface area contributed by atoms with Gasteiger partial charge in [0.05, 0.1) is 6.10 Å². The maximum Gasteiger partial charge on any atom is 0.0720 e. The molecule has 1 spiro atoms. The quantitative estimate of drug-likeness (QED) is 0.605. The maximum atomic E-state index is 10.8. The summed E-state index contributed by atoms with van der Waals surface area (Å²) in [6.45, 7) is 5.20. The minimum Gasteiger partial charge on any atom is -0.391 e. The summed E-state index contributed by atoms with van der Waals surface area (Å²) in [5, 5.41) is 10.8. The summed E-state index contributed by atoms with van der Waals surface area (Å²) in [7, 11) is 0. The molecule has 2 atom stereocenters. The van der Waals surface area contributed by atoms with E-state index in [-0.39, 0.29) is 12.1 Å². The highest BCUT2D eigenvalue weighted by atomic mass is 127. The minimum absolute atomic E-state index is 0.190. The summed E-state index contributed by atoms with van der Waals surface area (Å²) >= 11 is 2.39. The van der Waals surface area contributed by atoms with E-state index in [9.17, 15) is 5.11 Å². The van der Waals surface area contributed by atoms with E-state index in [1.54, 1.807) is 11.1 Å². The normalized spacial score (nSPS) is 27.1. The molecule has 3 aliphatic rings. The van der Waals surface area contributed by atoms with Crippen LogP contribution in [0.3, 0.4) is 0 Å². The molecule has 2 heterocycles. The minimum atomic E-state index is -0.190. The number of rotatable bonds is 3. The lowest BCUT2D eigenvalue weighted by molar-refractivity contribution is -0.0298. The molecule has 0 amide bonds. The van der Waals surface area contributed by atoms with Crippen LogP contribution < -0.4 is 0 Å². The van der Waals surface area contributed by atoms with Gasteiger partial charge in [0.25, 0.3) is 0 Å². The van der Waals surface area contributed by atoms with Gasteiger partial charge >= 0.3 is 0 Å². The predicted octanol–water partition coefficient (Wildman–Crippen LogP) is 4.60. The van der Waals surface area contributed by atoms with E-state index in [1.807, 2.05) is 0 Å². The SMILES string of the molecule is O[C@@H]1CCN(Cc2cccc(I)c2)C[C@H]1N1CCC2(CCCc3ccccc32)CC1. The van der Waals surface area contributed by atoms with Gasteiger partial charge in [0.15, 0.2) is 0 Å². The van der Waals surface area contributed by atoms with E-state index in [2.05, 4.69) is 80.9 Å². The van der Waals surface area contributed by atoms with Gasteiger partial charge < -0.3 is 5.11 Å². The molecule has 0 saturated carbocycles. The zero-order valence-electron chi connectivity index (χ0n) is 17.8. The average molecular weight is 516 g/mol. The highest BCUT2D eigenvalue weighted by molar-refractivity contribution is 14.1. The van der Waals surface area contributed by atoms with Gasteiger partial charge in [0.2, 0.25) is 0 Å². The van der Waals surface area contributed by atoms with Crippen molar-refractivity contribution in [1.82, 2.24) is 9.80 Å². The first-order valence-corrected chi connectivity index (χ1v) is 12.7. The number of hydrogen-bond acceptors (Lipinski definition) is 3. The van der Waals surface area contributed by atoms with Crippen LogP contribution in [0.25, 0.3) is 0 Å². The van der Waals surface area contributed by atoms with Crippen LogP contribution in [0.1, 0.15) is 48.8 Å². The van der Waals surface area contributed by atoms with Crippen molar-refractivity contribution in [3.05, 3.63) is 68.8 Å². The zero-order chi connectivity index (χ0) is 20.6. The molecule has 0 radical (unpaired) electrons. The summed E-state index contributed by atoms with van der Waals surface area (Å²) < 4.78 is 1.30. The Morgan fingerprint density at radius 2 is 1.83 bits per heavy atom. The molecule has 2 aromatic rings. The topological polar surface area (TPSA) is 26.7 Å². The zero-order valence-corrected chi connectivity index (χ0v) is 19.9. The fraction of sp³-hybridized carbons (Fsp3) is 0.538. The van der Waals surface area contributed by atoms with E-state index in [1.165, 1.54) is 41.2 Å². The lowest BCUT2D eigenvalue weighted by Gasteiger charge is -2.50. The monoisotopic (exact) mass is 516 g/mol. The smallest absolute Gasteiger partial charge is 0.0720 e. The Bertz CT molecular complexity index is 877. The Hall–Kier alpha value is -0.950. The second kappa shape index (κ2) is 8.89.